The summed E-state index contributed by atoms with van der Waals surface area (Å²) in [5.41, 5.74) is 1.46. The molecular formula is C13H22ClNS. The lowest BCUT2D eigenvalue weighted by atomic mass is 10.1. The van der Waals surface area contributed by atoms with Crippen LogP contribution in [-0.4, -0.2) is 12.1 Å². The molecule has 1 aromatic heterocycles. The third kappa shape index (κ3) is 5.33. The van der Waals surface area contributed by atoms with Crippen molar-refractivity contribution < 1.29 is 0 Å². The SMILES string of the molecule is Cc1cc(CCCCNC(C)(C)C)sc1Cl. The van der Waals surface area contributed by atoms with Crippen LogP contribution in [-0.2, 0) is 6.42 Å². The molecule has 0 unspecified atom stereocenters. The van der Waals surface area contributed by atoms with Crippen LogP contribution in [0.4, 0.5) is 0 Å². The van der Waals surface area contributed by atoms with Crippen molar-refractivity contribution in [1.29, 1.82) is 0 Å². The van der Waals surface area contributed by atoms with Crippen molar-refractivity contribution in [1.82, 2.24) is 5.32 Å². The summed E-state index contributed by atoms with van der Waals surface area (Å²) in [5.74, 6) is 0. The molecule has 0 amide bonds. The van der Waals surface area contributed by atoms with Gasteiger partial charge in [-0.25, -0.2) is 0 Å². The number of thiophene rings is 1. The molecule has 0 spiro atoms. The second-order valence-electron chi connectivity index (χ2n) is 5.30. The molecule has 0 fully saturated rings. The Balaban J connectivity index is 2.16. The first kappa shape index (κ1) is 14.0. The van der Waals surface area contributed by atoms with Crippen LogP contribution in [0.25, 0.3) is 0 Å². The molecule has 0 radical (unpaired) electrons. The van der Waals surface area contributed by atoms with Gasteiger partial charge in [0.2, 0.25) is 0 Å². The van der Waals surface area contributed by atoms with E-state index in [2.05, 4.69) is 39.1 Å². The molecule has 0 atom stereocenters. The molecule has 92 valence electrons. The lowest BCUT2D eigenvalue weighted by Crippen LogP contribution is -2.36. The second-order valence-corrected chi connectivity index (χ2v) is 7.04. The van der Waals surface area contributed by atoms with E-state index in [1.807, 2.05) is 0 Å². The highest BCUT2D eigenvalue weighted by atomic mass is 35.5. The lowest BCUT2D eigenvalue weighted by Gasteiger charge is -2.20. The van der Waals surface area contributed by atoms with E-state index in [-0.39, 0.29) is 5.54 Å². The third-order valence-corrected chi connectivity index (χ3v) is 4.03. The smallest absolute Gasteiger partial charge is 0.0960 e. The molecule has 0 aliphatic carbocycles. The molecule has 0 aliphatic rings. The zero-order chi connectivity index (χ0) is 12.2. The highest BCUT2D eigenvalue weighted by Gasteiger charge is 2.07. The maximum atomic E-state index is 6.04. The largest absolute Gasteiger partial charge is 0.312 e. The number of rotatable bonds is 5. The summed E-state index contributed by atoms with van der Waals surface area (Å²) in [6, 6.07) is 2.21. The van der Waals surface area contributed by atoms with Gasteiger partial charge in [0.25, 0.3) is 0 Å². The number of hydrogen-bond donors (Lipinski definition) is 1. The standard InChI is InChI=1S/C13H22ClNS/c1-10-9-11(16-12(10)14)7-5-6-8-15-13(2,3)4/h9,15H,5-8H2,1-4H3. The van der Waals surface area contributed by atoms with E-state index < -0.39 is 0 Å². The third-order valence-electron chi connectivity index (χ3n) is 2.41. The minimum absolute atomic E-state index is 0.239. The fraction of sp³-hybridized carbons (Fsp3) is 0.692. The number of halogens is 1. The van der Waals surface area contributed by atoms with Crippen molar-refractivity contribution >= 4 is 22.9 Å². The van der Waals surface area contributed by atoms with E-state index in [0.717, 1.165) is 17.3 Å². The molecule has 3 heteroatoms. The van der Waals surface area contributed by atoms with Crippen molar-refractivity contribution in [3.63, 3.8) is 0 Å². The molecule has 1 rings (SSSR count). The van der Waals surface area contributed by atoms with Gasteiger partial charge in [0.15, 0.2) is 0 Å². The van der Waals surface area contributed by atoms with Gasteiger partial charge in [-0.15, -0.1) is 11.3 Å². The Morgan fingerprint density at radius 1 is 1.31 bits per heavy atom. The Kier molecular flexibility index (Phi) is 5.29. The van der Waals surface area contributed by atoms with Crippen LogP contribution in [0.2, 0.25) is 4.34 Å². The molecule has 1 heterocycles. The minimum atomic E-state index is 0.239. The van der Waals surface area contributed by atoms with E-state index >= 15 is 0 Å². The van der Waals surface area contributed by atoms with Crippen LogP contribution >= 0.6 is 22.9 Å². The highest BCUT2D eigenvalue weighted by Crippen LogP contribution is 2.27. The summed E-state index contributed by atoms with van der Waals surface area (Å²) in [7, 11) is 0. The first-order valence-corrected chi connectivity index (χ1v) is 7.08. The van der Waals surface area contributed by atoms with E-state index in [0.29, 0.717) is 0 Å². The summed E-state index contributed by atoms with van der Waals surface area (Å²) in [4.78, 5) is 1.42. The monoisotopic (exact) mass is 259 g/mol. The van der Waals surface area contributed by atoms with Gasteiger partial charge in [-0.1, -0.05) is 11.6 Å². The van der Waals surface area contributed by atoms with Crippen LogP contribution in [0.15, 0.2) is 6.07 Å². The van der Waals surface area contributed by atoms with Crippen LogP contribution < -0.4 is 5.32 Å². The average Bonchev–Trinajstić information content (AvgIpc) is 2.44. The zero-order valence-electron chi connectivity index (χ0n) is 10.7. The van der Waals surface area contributed by atoms with Gasteiger partial charge >= 0.3 is 0 Å². The van der Waals surface area contributed by atoms with E-state index in [4.69, 9.17) is 11.6 Å². The molecule has 16 heavy (non-hydrogen) atoms. The van der Waals surface area contributed by atoms with Gasteiger partial charge in [-0.2, -0.15) is 0 Å². The summed E-state index contributed by atoms with van der Waals surface area (Å²) in [5, 5.41) is 3.50. The Labute approximate surface area is 108 Å². The topological polar surface area (TPSA) is 12.0 Å². The summed E-state index contributed by atoms with van der Waals surface area (Å²) >= 11 is 7.76. The van der Waals surface area contributed by atoms with Gasteiger partial charge < -0.3 is 5.32 Å². The molecular weight excluding hydrogens is 238 g/mol. The van der Waals surface area contributed by atoms with Crippen molar-refractivity contribution in [2.75, 3.05) is 6.54 Å². The van der Waals surface area contributed by atoms with Gasteiger partial charge in [-0.05, 0) is 65.1 Å². The van der Waals surface area contributed by atoms with Crippen molar-refractivity contribution in [3.05, 3.63) is 20.8 Å². The molecule has 1 nitrogen and oxygen atoms in total. The fourth-order valence-electron chi connectivity index (χ4n) is 1.53. The summed E-state index contributed by atoms with van der Waals surface area (Å²) < 4.78 is 0.947. The molecule has 0 aromatic carbocycles. The molecule has 1 N–H and O–H groups in total. The summed E-state index contributed by atoms with van der Waals surface area (Å²) in [6.45, 7) is 9.78. The number of hydrogen-bond acceptors (Lipinski definition) is 2. The molecule has 0 saturated heterocycles. The van der Waals surface area contributed by atoms with Crippen molar-refractivity contribution in [2.24, 2.45) is 0 Å². The Bertz CT molecular complexity index is 306. The van der Waals surface area contributed by atoms with Crippen molar-refractivity contribution in [3.8, 4) is 0 Å². The van der Waals surface area contributed by atoms with E-state index in [1.54, 1.807) is 11.3 Å². The predicted octanol–water partition coefficient (Wildman–Crippen LogP) is 4.42. The van der Waals surface area contributed by atoms with E-state index in [1.165, 1.54) is 23.3 Å². The number of unbranched alkanes of at least 4 members (excludes halogenated alkanes) is 1. The molecule has 1 aromatic rings. The fourth-order valence-corrected chi connectivity index (χ4v) is 2.82. The van der Waals surface area contributed by atoms with Crippen LogP contribution in [0.5, 0.6) is 0 Å². The Morgan fingerprint density at radius 2 is 2.00 bits per heavy atom. The lowest BCUT2D eigenvalue weighted by molar-refractivity contribution is 0.419. The maximum Gasteiger partial charge on any atom is 0.0960 e. The quantitative estimate of drug-likeness (QED) is 0.772. The zero-order valence-corrected chi connectivity index (χ0v) is 12.3. The van der Waals surface area contributed by atoms with Gasteiger partial charge in [0.1, 0.15) is 0 Å². The Hall–Kier alpha value is -0.0500. The van der Waals surface area contributed by atoms with Crippen LogP contribution in [0.1, 0.15) is 44.1 Å². The van der Waals surface area contributed by atoms with E-state index in [9.17, 15) is 0 Å². The maximum absolute atomic E-state index is 6.04. The predicted molar refractivity (Wildman–Crippen MR) is 74.8 cm³/mol. The Morgan fingerprint density at radius 3 is 2.50 bits per heavy atom. The van der Waals surface area contributed by atoms with Gasteiger partial charge in [0.05, 0.1) is 4.34 Å². The van der Waals surface area contributed by atoms with Gasteiger partial charge in [-0.3, -0.25) is 0 Å². The first-order valence-electron chi connectivity index (χ1n) is 5.88. The molecule has 0 aliphatic heterocycles. The second kappa shape index (κ2) is 6.04. The van der Waals surface area contributed by atoms with Crippen molar-refractivity contribution in [2.45, 2.75) is 52.5 Å². The summed E-state index contributed by atoms with van der Waals surface area (Å²) in [6.07, 6.45) is 3.62. The highest BCUT2D eigenvalue weighted by molar-refractivity contribution is 7.16. The van der Waals surface area contributed by atoms with Crippen LogP contribution in [0, 0.1) is 6.92 Å². The first-order chi connectivity index (χ1) is 7.38. The van der Waals surface area contributed by atoms with Crippen LogP contribution in [0.3, 0.4) is 0 Å². The molecule has 0 bridgehead atoms. The van der Waals surface area contributed by atoms with Gasteiger partial charge in [0, 0.05) is 10.4 Å². The average molecular weight is 260 g/mol. The number of nitrogens with one attached hydrogen (secondary N) is 1. The minimum Gasteiger partial charge on any atom is -0.312 e. The normalized spacial score (nSPS) is 12.1. The molecule has 0 saturated carbocycles. The number of aryl methyl sites for hydroxylation is 2.